The van der Waals surface area contributed by atoms with E-state index < -0.39 is 17.8 Å². The minimum absolute atomic E-state index is 0.0196. The molecule has 0 aliphatic heterocycles. The number of halogens is 2. The van der Waals surface area contributed by atoms with Gasteiger partial charge in [0.15, 0.2) is 12.4 Å². The van der Waals surface area contributed by atoms with Gasteiger partial charge in [-0.1, -0.05) is 27.5 Å². The molecule has 2 aromatic heterocycles. The van der Waals surface area contributed by atoms with E-state index in [1.54, 1.807) is 52.1 Å². The highest BCUT2D eigenvalue weighted by molar-refractivity contribution is 9.10. The van der Waals surface area contributed by atoms with Crippen molar-refractivity contribution in [3.63, 3.8) is 0 Å². The summed E-state index contributed by atoms with van der Waals surface area (Å²) < 4.78 is 18.3. The van der Waals surface area contributed by atoms with E-state index in [1.807, 2.05) is 0 Å². The van der Waals surface area contributed by atoms with Crippen LogP contribution in [0.1, 0.15) is 56.9 Å². The van der Waals surface area contributed by atoms with Crippen molar-refractivity contribution in [3.8, 4) is 5.75 Å². The number of anilines is 1. The van der Waals surface area contributed by atoms with Crippen molar-refractivity contribution >= 4 is 61.7 Å². The fourth-order valence-electron chi connectivity index (χ4n) is 2.96. The first-order valence-electron chi connectivity index (χ1n) is 10.5. The van der Waals surface area contributed by atoms with Gasteiger partial charge in [-0.15, -0.1) is 11.3 Å². The topological polar surface area (TPSA) is 109 Å². The number of esters is 2. The average Bonchev–Trinajstić information content (AvgIpc) is 3.37. The molecule has 0 unspecified atom stereocenters. The first-order valence-corrected chi connectivity index (χ1v) is 12.5. The standard InChI is InChI=1S/C23H23BrClN3O6S/c1-5-32-23(31)19-13(4)18(22(30)34-12(2)3)21(35-19)26-20(29)16-8-9-28(27-16)11-33-17-7-6-14(24)10-15(17)25/h6-10,12H,5,11H2,1-4H3,(H,26,29). The Labute approximate surface area is 219 Å². The number of nitrogens with zero attached hydrogens (tertiary/aromatic N) is 2. The van der Waals surface area contributed by atoms with Crippen LogP contribution in [0.15, 0.2) is 34.9 Å². The van der Waals surface area contributed by atoms with E-state index in [0.717, 1.165) is 15.8 Å². The number of hydrogen-bond acceptors (Lipinski definition) is 8. The van der Waals surface area contributed by atoms with Crippen molar-refractivity contribution in [2.75, 3.05) is 11.9 Å². The molecular weight excluding hydrogens is 562 g/mol. The summed E-state index contributed by atoms with van der Waals surface area (Å²) in [6, 6.07) is 6.70. The maximum atomic E-state index is 12.9. The minimum atomic E-state index is -0.648. The molecule has 0 bridgehead atoms. The molecule has 3 rings (SSSR count). The molecule has 0 aliphatic rings. The van der Waals surface area contributed by atoms with Gasteiger partial charge in [-0.25, -0.2) is 14.3 Å². The van der Waals surface area contributed by atoms with Crippen molar-refractivity contribution in [1.29, 1.82) is 0 Å². The van der Waals surface area contributed by atoms with Crippen molar-refractivity contribution in [1.82, 2.24) is 9.78 Å². The lowest BCUT2D eigenvalue weighted by atomic mass is 10.1. The molecule has 0 spiro atoms. The van der Waals surface area contributed by atoms with Crippen LogP contribution in [0.3, 0.4) is 0 Å². The summed E-state index contributed by atoms with van der Waals surface area (Å²) in [6.45, 7) is 6.90. The van der Waals surface area contributed by atoms with Gasteiger partial charge < -0.3 is 19.5 Å². The summed E-state index contributed by atoms with van der Waals surface area (Å²) >= 11 is 10.4. The lowest BCUT2D eigenvalue weighted by Gasteiger charge is -2.10. The number of carbonyl (C=O) groups excluding carboxylic acids is 3. The molecule has 35 heavy (non-hydrogen) atoms. The molecule has 1 N–H and O–H groups in total. The Kier molecular flexibility index (Phi) is 8.92. The van der Waals surface area contributed by atoms with Gasteiger partial charge in [-0.2, -0.15) is 5.10 Å². The van der Waals surface area contributed by atoms with Gasteiger partial charge in [0.2, 0.25) is 0 Å². The number of aromatic nitrogens is 2. The smallest absolute Gasteiger partial charge is 0.348 e. The molecule has 0 saturated heterocycles. The van der Waals surface area contributed by atoms with Gasteiger partial charge in [0, 0.05) is 10.7 Å². The van der Waals surface area contributed by atoms with Crippen LogP contribution in [-0.4, -0.2) is 40.3 Å². The number of ether oxygens (including phenoxy) is 3. The third kappa shape index (κ3) is 6.62. The molecule has 186 valence electrons. The fraction of sp³-hybridized carbons (Fsp3) is 0.304. The van der Waals surface area contributed by atoms with E-state index in [0.29, 0.717) is 16.3 Å². The zero-order chi connectivity index (χ0) is 25.7. The molecule has 0 atom stereocenters. The Balaban J connectivity index is 1.78. The Hall–Kier alpha value is -2.89. The highest BCUT2D eigenvalue weighted by Gasteiger charge is 2.28. The largest absolute Gasteiger partial charge is 0.470 e. The molecule has 1 aromatic carbocycles. The summed E-state index contributed by atoms with van der Waals surface area (Å²) in [7, 11) is 0. The molecule has 12 heteroatoms. The number of carbonyl (C=O) groups is 3. The third-order valence-corrected chi connectivity index (χ3v) is 6.48. The molecule has 0 fully saturated rings. The molecule has 0 aliphatic carbocycles. The van der Waals surface area contributed by atoms with Crippen LogP contribution in [0, 0.1) is 6.92 Å². The van der Waals surface area contributed by atoms with E-state index in [1.165, 1.54) is 10.7 Å². The van der Waals surface area contributed by atoms with Crippen LogP contribution < -0.4 is 10.1 Å². The summed E-state index contributed by atoms with van der Waals surface area (Å²) in [5, 5.41) is 7.48. The zero-order valence-corrected chi connectivity index (χ0v) is 22.5. The number of rotatable bonds is 9. The maximum absolute atomic E-state index is 12.9. The van der Waals surface area contributed by atoms with Crippen molar-refractivity contribution in [2.45, 2.75) is 40.5 Å². The van der Waals surface area contributed by atoms with E-state index in [9.17, 15) is 14.4 Å². The average molecular weight is 585 g/mol. The van der Waals surface area contributed by atoms with Gasteiger partial charge in [-0.3, -0.25) is 4.79 Å². The number of hydrogen-bond donors (Lipinski definition) is 1. The SMILES string of the molecule is CCOC(=O)c1sc(NC(=O)c2ccn(COc3ccc(Br)cc3Cl)n2)c(C(=O)OC(C)C)c1C. The number of amides is 1. The van der Waals surface area contributed by atoms with Crippen LogP contribution in [0.2, 0.25) is 5.02 Å². The van der Waals surface area contributed by atoms with Crippen LogP contribution in [0.4, 0.5) is 5.00 Å². The van der Waals surface area contributed by atoms with Crippen molar-refractivity contribution in [3.05, 3.63) is 61.7 Å². The summed E-state index contributed by atoms with van der Waals surface area (Å²) in [6.07, 6.45) is 1.19. The second kappa shape index (κ2) is 11.7. The molecule has 3 aromatic rings. The van der Waals surface area contributed by atoms with Crippen LogP contribution >= 0.6 is 38.9 Å². The Morgan fingerprint density at radius 1 is 1.23 bits per heavy atom. The first kappa shape index (κ1) is 26.7. The van der Waals surface area contributed by atoms with Crippen molar-refractivity contribution < 1.29 is 28.6 Å². The number of benzene rings is 1. The molecule has 1 amide bonds. The molecule has 2 heterocycles. The van der Waals surface area contributed by atoms with Gasteiger partial charge in [0.05, 0.1) is 23.3 Å². The second-order valence-electron chi connectivity index (χ2n) is 7.48. The Morgan fingerprint density at radius 2 is 1.97 bits per heavy atom. The zero-order valence-electron chi connectivity index (χ0n) is 19.4. The number of thiophene rings is 1. The highest BCUT2D eigenvalue weighted by Crippen LogP contribution is 2.35. The van der Waals surface area contributed by atoms with E-state index >= 15 is 0 Å². The lowest BCUT2D eigenvalue weighted by Crippen LogP contribution is -2.17. The van der Waals surface area contributed by atoms with Gasteiger partial charge >= 0.3 is 11.9 Å². The number of nitrogens with one attached hydrogen (secondary N) is 1. The van der Waals surface area contributed by atoms with E-state index in [-0.39, 0.29) is 40.6 Å². The first-order chi connectivity index (χ1) is 16.6. The third-order valence-electron chi connectivity index (χ3n) is 4.50. The normalized spacial score (nSPS) is 10.8. The predicted octanol–water partition coefficient (Wildman–Crippen LogP) is 5.70. The van der Waals surface area contributed by atoms with Gasteiger partial charge in [-0.05, 0) is 57.5 Å². The predicted molar refractivity (Wildman–Crippen MR) is 136 cm³/mol. The molecule has 0 saturated carbocycles. The van der Waals surface area contributed by atoms with Crippen LogP contribution in [0.5, 0.6) is 5.75 Å². The van der Waals surface area contributed by atoms with Crippen molar-refractivity contribution in [2.24, 2.45) is 0 Å². The van der Waals surface area contributed by atoms with Gasteiger partial charge in [0.1, 0.15) is 15.6 Å². The molecular formula is C23H23BrClN3O6S. The molecule has 9 nitrogen and oxygen atoms in total. The molecule has 0 radical (unpaired) electrons. The van der Waals surface area contributed by atoms with E-state index in [2.05, 4.69) is 26.3 Å². The minimum Gasteiger partial charge on any atom is -0.470 e. The second-order valence-corrected chi connectivity index (χ2v) is 9.82. The maximum Gasteiger partial charge on any atom is 0.348 e. The summed E-state index contributed by atoms with van der Waals surface area (Å²) in [5.41, 5.74) is 0.565. The Morgan fingerprint density at radius 3 is 2.63 bits per heavy atom. The van der Waals surface area contributed by atoms with Crippen LogP contribution in [0.25, 0.3) is 0 Å². The monoisotopic (exact) mass is 583 g/mol. The van der Waals surface area contributed by atoms with Gasteiger partial charge in [0.25, 0.3) is 5.91 Å². The van der Waals surface area contributed by atoms with Crippen LogP contribution in [-0.2, 0) is 16.2 Å². The lowest BCUT2D eigenvalue weighted by molar-refractivity contribution is 0.0379. The fourth-order valence-corrected chi connectivity index (χ4v) is 4.77. The quantitative estimate of drug-likeness (QED) is 0.321. The van der Waals surface area contributed by atoms with E-state index in [4.69, 9.17) is 25.8 Å². The summed E-state index contributed by atoms with van der Waals surface area (Å²) in [5.74, 6) is -1.34. The Bertz CT molecular complexity index is 1260. The summed E-state index contributed by atoms with van der Waals surface area (Å²) in [4.78, 5) is 38.2. The highest BCUT2D eigenvalue weighted by atomic mass is 79.9.